The van der Waals surface area contributed by atoms with E-state index in [0.717, 1.165) is 18.4 Å². The van der Waals surface area contributed by atoms with E-state index in [2.05, 4.69) is 0 Å². The normalized spacial score (nSPS) is 30.9. The number of aliphatic hydroxyl groups is 1. The summed E-state index contributed by atoms with van der Waals surface area (Å²) in [6, 6.07) is 8.98. The zero-order chi connectivity index (χ0) is 15.8. The van der Waals surface area contributed by atoms with Crippen LogP contribution >= 0.6 is 0 Å². The van der Waals surface area contributed by atoms with E-state index in [1.54, 1.807) is 24.3 Å². The van der Waals surface area contributed by atoms with Crippen molar-refractivity contribution in [3.63, 3.8) is 0 Å². The molecule has 2 unspecified atom stereocenters. The van der Waals surface area contributed by atoms with E-state index >= 15 is 4.39 Å². The molecule has 0 spiro atoms. The largest absolute Gasteiger partial charge is 0.393 e. The highest BCUT2D eigenvalue weighted by atomic mass is 32.2. The van der Waals surface area contributed by atoms with Gasteiger partial charge in [0.2, 0.25) is 0 Å². The molecule has 2 saturated heterocycles. The molecule has 2 heterocycles. The Bertz CT molecular complexity index is 619. The van der Waals surface area contributed by atoms with Crippen molar-refractivity contribution in [2.75, 3.05) is 32.8 Å². The highest BCUT2D eigenvalue weighted by Gasteiger charge is 2.52. The van der Waals surface area contributed by atoms with E-state index in [1.807, 2.05) is 6.07 Å². The van der Waals surface area contributed by atoms with E-state index in [0.29, 0.717) is 13.1 Å². The van der Waals surface area contributed by atoms with Gasteiger partial charge in [-0.1, -0.05) is 30.3 Å². The third kappa shape index (κ3) is 2.67. The first-order chi connectivity index (χ1) is 10.5. The van der Waals surface area contributed by atoms with Gasteiger partial charge < -0.3 is 5.11 Å². The molecule has 0 saturated carbocycles. The van der Waals surface area contributed by atoms with Crippen molar-refractivity contribution in [3.05, 3.63) is 35.9 Å². The van der Waals surface area contributed by atoms with Crippen molar-refractivity contribution in [2.24, 2.45) is 0 Å². The van der Waals surface area contributed by atoms with Gasteiger partial charge in [-0.15, -0.1) is 0 Å². The minimum Gasteiger partial charge on any atom is -0.393 e. The van der Waals surface area contributed by atoms with Gasteiger partial charge in [-0.2, -0.15) is 17.0 Å². The van der Waals surface area contributed by atoms with E-state index < -0.39 is 28.4 Å². The summed E-state index contributed by atoms with van der Waals surface area (Å²) in [7, 11) is -3.64. The Morgan fingerprint density at radius 2 is 1.82 bits per heavy atom. The van der Waals surface area contributed by atoms with Crippen LogP contribution in [0.25, 0.3) is 0 Å². The first-order valence-electron chi connectivity index (χ1n) is 7.57. The SMILES string of the molecule is O=S(=O)(N1CCCC1)N1CC(c2ccccc2)C(F)(CO)C1. The van der Waals surface area contributed by atoms with Gasteiger partial charge in [-0.05, 0) is 18.4 Å². The minimum atomic E-state index is -3.64. The lowest BCUT2D eigenvalue weighted by Gasteiger charge is -2.24. The molecule has 0 aliphatic carbocycles. The van der Waals surface area contributed by atoms with E-state index in [4.69, 9.17) is 0 Å². The summed E-state index contributed by atoms with van der Waals surface area (Å²) >= 11 is 0. The van der Waals surface area contributed by atoms with E-state index in [-0.39, 0.29) is 13.1 Å². The minimum absolute atomic E-state index is 0.0694. The summed E-state index contributed by atoms with van der Waals surface area (Å²) in [6.07, 6.45) is 1.69. The van der Waals surface area contributed by atoms with Gasteiger partial charge in [0.25, 0.3) is 10.2 Å². The first kappa shape index (κ1) is 15.9. The average Bonchev–Trinajstić information content (AvgIpc) is 3.17. The number of hydrogen-bond donors (Lipinski definition) is 1. The molecule has 2 fully saturated rings. The Morgan fingerprint density at radius 3 is 2.41 bits per heavy atom. The molecule has 0 bridgehead atoms. The number of alkyl halides is 1. The summed E-state index contributed by atoms with van der Waals surface area (Å²) in [5.41, 5.74) is -1.22. The number of rotatable bonds is 4. The number of nitrogens with zero attached hydrogens (tertiary/aromatic N) is 2. The number of benzene rings is 1. The fourth-order valence-corrected chi connectivity index (χ4v) is 5.10. The molecule has 0 amide bonds. The molecule has 1 N–H and O–H groups in total. The Balaban J connectivity index is 1.88. The lowest BCUT2D eigenvalue weighted by Crippen LogP contribution is -2.43. The van der Waals surface area contributed by atoms with Crippen LogP contribution in [-0.4, -0.2) is 60.6 Å². The second kappa shape index (κ2) is 5.88. The molecular weight excluding hydrogens is 307 g/mol. The molecule has 3 rings (SSSR count). The molecule has 7 heteroatoms. The van der Waals surface area contributed by atoms with Crippen molar-refractivity contribution < 1.29 is 17.9 Å². The summed E-state index contributed by atoms with van der Waals surface area (Å²) < 4.78 is 42.9. The third-order valence-electron chi connectivity index (χ3n) is 4.63. The van der Waals surface area contributed by atoms with Gasteiger partial charge in [-0.3, -0.25) is 0 Å². The zero-order valence-electron chi connectivity index (χ0n) is 12.4. The molecule has 1 aromatic carbocycles. The molecule has 2 aliphatic rings. The highest BCUT2D eigenvalue weighted by molar-refractivity contribution is 7.86. The van der Waals surface area contributed by atoms with Gasteiger partial charge >= 0.3 is 0 Å². The van der Waals surface area contributed by atoms with Crippen LogP contribution in [0.3, 0.4) is 0 Å². The van der Waals surface area contributed by atoms with Crippen molar-refractivity contribution in [1.82, 2.24) is 8.61 Å². The summed E-state index contributed by atoms with van der Waals surface area (Å²) in [5.74, 6) is -0.643. The molecule has 22 heavy (non-hydrogen) atoms. The number of aliphatic hydroxyl groups excluding tert-OH is 1. The zero-order valence-corrected chi connectivity index (χ0v) is 13.2. The van der Waals surface area contributed by atoms with Crippen LogP contribution in [0.2, 0.25) is 0 Å². The van der Waals surface area contributed by atoms with Gasteiger partial charge in [0, 0.05) is 25.6 Å². The average molecular weight is 328 g/mol. The topological polar surface area (TPSA) is 60.9 Å². The Hall–Kier alpha value is -1.02. The molecular formula is C15H21FN2O3S. The lowest BCUT2D eigenvalue weighted by atomic mass is 9.87. The maximum Gasteiger partial charge on any atom is 0.282 e. The quantitative estimate of drug-likeness (QED) is 0.901. The standard InChI is InChI=1S/C15H21FN2O3S/c16-15(12-19)11-18(22(20,21)17-8-4-5-9-17)10-14(15)13-6-2-1-3-7-13/h1-3,6-7,14,19H,4-5,8-12H2. The fraction of sp³-hybridized carbons (Fsp3) is 0.600. The summed E-state index contributed by atoms with van der Waals surface area (Å²) in [5, 5.41) is 9.50. The molecule has 0 aromatic heterocycles. The van der Waals surface area contributed by atoms with Crippen molar-refractivity contribution in [2.45, 2.75) is 24.4 Å². The van der Waals surface area contributed by atoms with Crippen LogP contribution < -0.4 is 0 Å². The van der Waals surface area contributed by atoms with E-state index in [9.17, 15) is 13.5 Å². The summed E-state index contributed by atoms with van der Waals surface area (Å²) in [4.78, 5) is 0. The van der Waals surface area contributed by atoms with Gasteiger partial charge in [0.1, 0.15) is 0 Å². The van der Waals surface area contributed by atoms with Crippen molar-refractivity contribution in [3.8, 4) is 0 Å². The maximum absolute atomic E-state index is 15.1. The second-order valence-electron chi connectivity index (χ2n) is 6.06. The van der Waals surface area contributed by atoms with Gasteiger partial charge in [0.15, 0.2) is 5.67 Å². The molecule has 0 radical (unpaired) electrons. The number of halogens is 1. The van der Waals surface area contributed by atoms with Crippen LogP contribution in [0.4, 0.5) is 4.39 Å². The predicted molar refractivity (Wildman–Crippen MR) is 81.4 cm³/mol. The Labute approximate surface area is 130 Å². The van der Waals surface area contributed by atoms with Crippen LogP contribution in [0.15, 0.2) is 30.3 Å². The first-order valence-corrected chi connectivity index (χ1v) is 8.97. The van der Waals surface area contributed by atoms with Crippen LogP contribution in [0, 0.1) is 0 Å². The van der Waals surface area contributed by atoms with E-state index in [1.165, 1.54) is 8.61 Å². The molecule has 122 valence electrons. The smallest absolute Gasteiger partial charge is 0.282 e. The lowest BCUT2D eigenvalue weighted by molar-refractivity contribution is 0.0700. The van der Waals surface area contributed by atoms with Gasteiger partial charge in [-0.25, -0.2) is 4.39 Å². The second-order valence-corrected chi connectivity index (χ2v) is 7.99. The number of hydrogen-bond acceptors (Lipinski definition) is 3. The Morgan fingerprint density at radius 1 is 1.18 bits per heavy atom. The fourth-order valence-electron chi connectivity index (χ4n) is 3.34. The van der Waals surface area contributed by atoms with Crippen molar-refractivity contribution >= 4 is 10.2 Å². The van der Waals surface area contributed by atoms with Crippen LogP contribution in [0.5, 0.6) is 0 Å². The monoisotopic (exact) mass is 328 g/mol. The highest BCUT2D eigenvalue weighted by Crippen LogP contribution is 2.40. The molecule has 2 atom stereocenters. The van der Waals surface area contributed by atoms with Crippen LogP contribution in [0.1, 0.15) is 24.3 Å². The third-order valence-corrected chi connectivity index (χ3v) is 6.58. The summed E-state index contributed by atoms with van der Waals surface area (Å²) in [6.45, 7) is 0.0842. The molecule has 2 aliphatic heterocycles. The molecule has 5 nitrogen and oxygen atoms in total. The Kier molecular flexibility index (Phi) is 4.24. The van der Waals surface area contributed by atoms with Crippen LogP contribution in [-0.2, 0) is 10.2 Å². The molecule has 1 aromatic rings. The predicted octanol–water partition coefficient (Wildman–Crippen LogP) is 1.13. The maximum atomic E-state index is 15.1. The van der Waals surface area contributed by atoms with Crippen molar-refractivity contribution in [1.29, 1.82) is 0 Å². The van der Waals surface area contributed by atoms with Gasteiger partial charge in [0.05, 0.1) is 13.2 Å².